The zero-order chi connectivity index (χ0) is 25.3. The number of hydrogen-bond acceptors (Lipinski definition) is 7. The van der Waals surface area contributed by atoms with Crippen molar-refractivity contribution in [2.24, 2.45) is 7.05 Å². The van der Waals surface area contributed by atoms with Crippen molar-refractivity contribution in [1.82, 2.24) is 19.7 Å². The van der Waals surface area contributed by atoms with Crippen LogP contribution in [0.5, 0.6) is 0 Å². The first-order valence-corrected chi connectivity index (χ1v) is 12.1. The average Bonchev–Trinajstić information content (AvgIpc) is 3.33. The lowest BCUT2D eigenvalue weighted by molar-refractivity contribution is 0.0607. The van der Waals surface area contributed by atoms with E-state index in [0.29, 0.717) is 32.9 Å². The first kappa shape index (κ1) is 24.6. The van der Waals surface area contributed by atoms with Gasteiger partial charge in [-0.2, -0.15) is 5.10 Å². The molecule has 1 amide bonds. The number of hydrogen-bond donors (Lipinski definition) is 1. The molecule has 0 aliphatic rings. The number of fused-ring (bicyclic) bond motifs is 1. The zero-order valence-corrected chi connectivity index (χ0v) is 21.6. The number of pyridine rings is 1. The lowest BCUT2D eigenvalue weighted by Gasteiger charge is -2.25. The maximum Gasteiger partial charge on any atom is 0.350 e. The standard InChI is InChI=1S/C26H29N5O3S/c1-15-21(17(3)31(5)29-15)16(2)30(4)14-19-12-13-20-22(23(26(33)34-6)35-25(20)27-19)28-24(32)18-10-8-7-9-11-18/h7-13,16H,14H2,1-6H3,(H,28,32)/t16-/m0/s1. The largest absolute Gasteiger partial charge is 0.465 e. The Bertz CT molecular complexity index is 1390. The number of benzene rings is 1. The molecule has 4 aromatic rings. The van der Waals surface area contributed by atoms with Gasteiger partial charge in [0.25, 0.3) is 5.91 Å². The van der Waals surface area contributed by atoms with Crippen LogP contribution in [0.3, 0.4) is 0 Å². The molecule has 1 N–H and O–H groups in total. The molecule has 35 heavy (non-hydrogen) atoms. The number of aryl methyl sites for hydroxylation is 2. The number of rotatable bonds is 7. The third kappa shape index (κ3) is 4.82. The summed E-state index contributed by atoms with van der Waals surface area (Å²) in [7, 11) is 5.34. The Labute approximate surface area is 208 Å². The first-order chi connectivity index (χ1) is 16.7. The highest BCUT2D eigenvalue weighted by Crippen LogP contribution is 2.36. The van der Waals surface area contributed by atoms with Crippen LogP contribution in [-0.2, 0) is 18.3 Å². The predicted molar refractivity (Wildman–Crippen MR) is 138 cm³/mol. The molecule has 182 valence electrons. The Morgan fingerprint density at radius 3 is 2.51 bits per heavy atom. The maximum atomic E-state index is 12.8. The van der Waals surface area contributed by atoms with E-state index in [9.17, 15) is 9.59 Å². The van der Waals surface area contributed by atoms with Gasteiger partial charge in [0.05, 0.1) is 24.2 Å². The molecule has 0 bridgehead atoms. The molecule has 0 spiro atoms. The summed E-state index contributed by atoms with van der Waals surface area (Å²) < 4.78 is 6.88. The van der Waals surface area contributed by atoms with E-state index in [1.54, 1.807) is 24.3 Å². The van der Waals surface area contributed by atoms with Crippen LogP contribution in [0.25, 0.3) is 10.2 Å². The number of carbonyl (C=O) groups is 2. The van der Waals surface area contributed by atoms with Crippen molar-refractivity contribution in [3.63, 3.8) is 0 Å². The normalized spacial score (nSPS) is 12.2. The molecule has 0 radical (unpaired) electrons. The van der Waals surface area contributed by atoms with E-state index in [1.807, 2.05) is 36.9 Å². The van der Waals surface area contributed by atoms with Crippen LogP contribution < -0.4 is 5.32 Å². The number of amides is 1. The molecule has 0 aliphatic carbocycles. The van der Waals surface area contributed by atoms with Crippen molar-refractivity contribution in [3.8, 4) is 0 Å². The van der Waals surface area contributed by atoms with Gasteiger partial charge in [0.1, 0.15) is 9.71 Å². The molecular formula is C26H29N5O3S. The Morgan fingerprint density at radius 2 is 1.89 bits per heavy atom. The number of methoxy groups -OCH3 is 1. The van der Waals surface area contributed by atoms with Crippen LogP contribution in [0.15, 0.2) is 42.5 Å². The summed E-state index contributed by atoms with van der Waals surface area (Å²) in [5.74, 6) is -0.804. The Balaban J connectivity index is 1.63. The monoisotopic (exact) mass is 491 g/mol. The molecule has 0 unspecified atom stereocenters. The second-order valence-electron chi connectivity index (χ2n) is 8.57. The Kier molecular flexibility index (Phi) is 7.00. The highest BCUT2D eigenvalue weighted by molar-refractivity contribution is 7.21. The number of nitrogens with zero attached hydrogens (tertiary/aromatic N) is 4. The fourth-order valence-corrected chi connectivity index (χ4v) is 5.31. The number of aromatic nitrogens is 3. The molecule has 0 saturated heterocycles. The van der Waals surface area contributed by atoms with E-state index in [1.165, 1.54) is 24.0 Å². The topological polar surface area (TPSA) is 89.3 Å². The van der Waals surface area contributed by atoms with Crippen LogP contribution in [0.2, 0.25) is 0 Å². The van der Waals surface area contributed by atoms with E-state index < -0.39 is 5.97 Å². The summed E-state index contributed by atoms with van der Waals surface area (Å²) in [5, 5.41) is 8.14. The first-order valence-electron chi connectivity index (χ1n) is 11.3. The minimum Gasteiger partial charge on any atom is -0.465 e. The molecule has 0 fully saturated rings. The number of anilines is 1. The van der Waals surface area contributed by atoms with Gasteiger partial charge in [0.15, 0.2) is 0 Å². The molecule has 3 aromatic heterocycles. The Hall–Kier alpha value is -3.56. The number of carbonyl (C=O) groups excluding carboxylic acids is 2. The van der Waals surface area contributed by atoms with Gasteiger partial charge in [-0.25, -0.2) is 9.78 Å². The van der Waals surface area contributed by atoms with Crippen molar-refractivity contribution in [2.45, 2.75) is 33.4 Å². The van der Waals surface area contributed by atoms with Gasteiger partial charge >= 0.3 is 5.97 Å². The minimum absolute atomic E-state index is 0.149. The maximum absolute atomic E-state index is 12.8. The van der Waals surface area contributed by atoms with E-state index in [2.05, 4.69) is 36.2 Å². The van der Waals surface area contributed by atoms with Gasteiger partial charge in [-0.05, 0) is 52.1 Å². The van der Waals surface area contributed by atoms with Crippen molar-refractivity contribution in [2.75, 3.05) is 19.5 Å². The summed E-state index contributed by atoms with van der Waals surface area (Å²) in [6.07, 6.45) is 0. The average molecular weight is 492 g/mol. The SMILES string of the molecule is COC(=O)c1sc2nc(CN(C)[C@@H](C)c3c(C)nn(C)c3C)ccc2c1NC(=O)c1ccccc1. The second-order valence-corrected chi connectivity index (χ2v) is 9.57. The molecule has 0 saturated carbocycles. The summed E-state index contributed by atoms with van der Waals surface area (Å²) >= 11 is 1.22. The molecule has 1 aromatic carbocycles. The van der Waals surface area contributed by atoms with Crippen molar-refractivity contribution in [1.29, 1.82) is 0 Å². The highest BCUT2D eigenvalue weighted by atomic mass is 32.1. The fourth-order valence-electron chi connectivity index (χ4n) is 4.25. The van der Waals surface area contributed by atoms with Crippen LogP contribution in [0.4, 0.5) is 5.69 Å². The van der Waals surface area contributed by atoms with Crippen LogP contribution in [0, 0.1) is 13.8 Å². The summed E-state index contributed by atoms with van der Waals surface area (Å²) in [4.78, 5) is 33.3. The molecule has 9 heteroatoms. The molecule has 0 aliphatic heterocycles. The highest BCUT2D eigenvalue weighted by Gasteiger charge is 2.24. The van der Waals surface area contributed by atoms with E-state index in [0.717, 1.165) is 17.1 Å². The number of nitrogens with one attached hydrogen (secondary N) is 1. The van der Waals surface area contributed by atoms with Crippen LogP contribution in [0.1, 0.15) is 55.6 Å². The van der Waals surface area contributed by atoms with E-state index in [-0.39, 0.29) is 11.9 Å². The summed E-state index contributed by atoms with van der Waals surface area (Å²) in [6.45, 7) is 6.88. The number of esters is 1. The van der Waals surface area contributed by atoms with Crippen LogP contribution in [-0.4, -0.2) is 45.7 Å². The smallest absolute Gasteiger partial charge is 0.350 e. The van der Waals surface area contributed by atoms with Crippen molar-refractivity contribution < 1.29 is 14.3 Å². The number of thiophene rings is 1. The predicted octanol–water partition coefficient (Wildman–Crippen LogP) is 4.88. The van der Waals surface area contributed by atoms with Crippen molar-refractivity contribution >= 4 is 39.1 Å². The van der Waals surface area contributed by atoms with Gasteiger partial charge in [-0.1, -0.05) is 18.2 Å². The molecule has 4 rings (SSSR count). The quantitative estimate of drug-likeness (QED) is 0.371. The van der Waals surface area contributed by atoms with Gasteiger partial charge < -0.3 is 10.1 Å². The van der Waals surface area contributed by atoms with Gasteiger partial charge in [-0.3, -0.25) is 14.4 Å². The molecule has 3 heterocycles. The van der Waals surface area contributed by atoms with Crippen LogP contribution >= 0.6 is 11.3 Å². The zero-order valence-electron chi connectivity index (χ0n) is 20.7. The lowest BCUT2D eigenvalue weighted by atomic mass is 10.1. The second kappa shape index (κ2) is 9.97. The van der Waals surface area contributed by atoms with Gasteiger partial charge in [0.2, 0.25) is 0 Å². The Morgan fingerprint density at radius 1 is 1.17 bits per heavy atom. The minimum atomic E-state index is -0.508. The molecule has 8 nitrogen and oxygen atoms in total. The molecule has 1 atom stereocenters. The third-order valence-corrected chi connectivity index (χ3v) is 7.39. The van der Waals surface area contributed by atoms with Crippen molar-refractivity contribution in [3.05, 3.63) is 75.6 Å². The summed E-state index contributed by atoms with van der Waals surface area (Å²) in [6, 6.07) is 12.9. The van der Waals surface area contributed by atoms with E-state index in [4.69, 9.17) is 9.72 Å². The summed E-state index contributed by atoms with van der Waals surface area (Å²) in [5.41, 5.74) is 5.17. The number of ether oxygens (including phenoxy) is 1. The third-order valence-electron chi connectivity index (χ3n) is 6.31. The van der Waals surface area contributed by atoms with E-state index >= 15 is 0 Å². The van der Waals surface area contributed by atoms with Gasteiger partial charge in [0, 0.05) is 41.8 Å². The molecular weight excluding hydrogens is 462 g/mol. The fraction of sp³-hybridized carbons (Fsp3) is 0.308. The lowest BCUT2D eigenvalue weighted by Crippen LogP contribution is -2.23. The van der Waals surface area contributed by atoms with Gasteiger partial charge in [-0.15, -0.1) is 11.3 Å².